The zero-order chi connectivity index (χ0) is 14.7. The topological polar surface area (TPSA) is 29.9 Å². The van der Waals surface area contributed by atoms with Gasteiger partial charge in [-0.25, -0.2) is 0 Å². The lowest BCUT2D eigenvalue weighted by atomic mass is 9.84. The average molecular weight is 277 g/mol. The molecule has 1 atom stereocenters. The maximum atomic E-state index is 4.64. The predicted octanol–water partition coefficient (Wildman–Crippen LogP) is 4.14. The van der Waals surface area contributed by atoms with Crippen LogP contribution in [0.4, 0.5) is 0 Å². The fraction of sp³-hybridized carbons (Fsp3) is 0.824. The highest BCUT2D eigenvalue weighted by atomic mass is 15.3. The SMILES string of the molecule is CCC1CCC(NC(C)c2c(C)nn(CC)c2C)CC1. The van der Waals surface area contributed by atoms with E-state index in [2.05, 4.69) is 49.7 Å². The monoisotopic (exact) mass is 277 g/mol. The summed E-state index contributed by atoms with van der Waals surface area (Å²) in [6.45, 7) is 12.1. The molecule has 3 nitrogen and oxygen atoms in total. The number of rotatable bonds is 5. The van der Waals surface area contributed by atoms with Gasteiger partial charge < -0.3 is 5.32 Å². The van der Waals surface area contributed by atoms with Crippen molar-refractivity contribution in [2.24, 2.45) is 5.92 Å². The molecule has 1 aliphatic rings. The number of hydrogen-bond acceptors (Lipinski definition) is 2. The highest BCUT2D eigenvalue weighted by Crippen LogP contribution is 2.29. The van der Waals surface area contributed by atoms with Crippen LogP contribution in [0, 0.1) is 19.8 Å². The molecule has 1 unspecified atom stereocenters. The Kier molecular flexibility index (Phi) is 5.25. The Morgan fingerprint density at radius 1 is 1.20 bits per heavy atom. The Balaban J connectivity index is 1.98. The third-order valence-electron chi connectivity index (χ3n) is 5.08. The maximum absolute atomic E-state index is 4.64. The molecule has 1 fully saturated rings. The lowest BCUT2D eigenvalue weighted by molar-refractivity contribution is 0.273. The molecule has 0 aromatic carbocycles. The molecule has 1 aromatic rings. The van der Waals surface area contributed by atoms with Crippen molar-refractivity contribution in [1.82, 2.24) is 15.1 Å². The molecule has 114 valence electrons. The standard InChI is InChI=1S/C17H31N3/c1-6-15-8-10-16(11-9-15)18-12(3)17-13(4)19-20(7-2)14(17)5/h12,15-16,18H,6-11H2,1-5H3. The van der Waals surface area contributed by atoms with Crippen LogP contribution in [0.2, 0.25) is 0 Å². The van der Waals surface area contributed by atoms with Crippen LogP contribution < -0.4 is 5.32 Å². The molecule has 3 heteroatoms. The Morgan fingerprint density at radius 3 is 2.35 bits per heavy atom. The fourth-order valence-corrected chi connectivity index (χ4v) is 3.82. The lowest BCUT2D eigenvalue weighted by Crippen LogP contribution is -2.35. The second-order valence-electron chi connectivity index (χ2n) is 6.41. The summed E-state index contributed by atoms with van der Waals surface area (Å²) >= 11 is 0. The van der Waals surface area contributed by atoms with E-state index in [1.807, 2.05) is 0 Å². The summed E-state index contributed by atoms with van der Waals surface area (Å²) < 4.78 is 2.12. The van der Waals surface area contributed by atoms with Crippen LogP contribution in [-0.4, -0.2) is 15.8 Å². The van der Waals surface area contributed by atoms with Crippen molar-refractivity contribution in [3.8, 4) is 0 Å². The average Bonchev–Trinajstić information content (AvgIpc) is 2.74. The van der Waals surface area contributed by atoms with Crippen LogP contribution >= 0.6 is 0 Å². The quantitative estimate of drug-likeness (QED) is 0.876. The van der Waals surface area contributed by atoms with Gasteiger partial charge in [-0.15, -0.1) is 0 Å². The first kappa shape index (κ1) is 15.6. The van der Waals surface area contributed by atoms with E-state index in [1.165, 1.54) is 49.1 Å². The molecule has 0 radical (unpaired) electrons. The van der Waals surface area contributed by atoms with Gasteiger partial charge in [0.1, 0.15) is 0 Å². The first-order valence-electron chi connectivity index (χ1n) is 8.36. The Labute approximate surface area is 124 Å². The van der Waals surface area contributed by atoms with Gasteiger partial charge >= 0.3 is 0 Å². The molecule has 20 heavy (non-hydrogen) atoms. The van der Waals surface area contributed by atoms with E-state index in [1.54, 1.807) is 0 Å². The second kappa shape index (κ2) is 6.75. The smallest absolute Gasteiger partial charge is 0.0644 e. The van der Waals surface area contributed by atoms with Crippen molar-refractivity contribution in [3.05, 3.63) is 17.0 Å². The van der Waals surface area contributed by atoms with E-state index in [4.69, 9.17) is 0 Å². The van der Waals surface area contributed by atoms with Crippen LogP contribution in [0.3, 0.4) is 0 Å². The minimum absolute atomic E-state index is 0.415. The molecular weight excluding hydrogens is 246 g/mol. The fourth-order valence-electron chi connectivity index (χ4n) is 3.82. The van der Waals surface area contributed by atoms with Gasteiger partial charge in [0, 0.05) is 29.9 Å². The third kappa shape index (κ3) is 3.25. The molecule has 0 amide bonds. The number of aryl methyl sites for hydroxylation is 2. The van der Waals surface area contributed by atoms with E-state index in [-0.39, 0.29) is 0 Å². The minimum Gasteiger partial charge on any atom is -0.307 e. The van der Waals surface area contributed by atoms with Crippen molar-refractivity contribution in [2.45, 2.75) is 85.4 Å². The van der Waals surface area contributed by atoms with Gasteiger partial charge in [0.15, 0.2) is 0 Å². The molecule has 0 saturated heterocycles. The van der Waals surface area contributed by atoms with E-state index >= 15 is 0 Å². The molecule has 2 rings (SSSR count). The summed E-state index contributed by atoms with van der Waals surface area (Å²) in [7, 11) is 0. The van der Waals surface area contributed by atoms with E-state index in [9.17, 15) is 0 Å². The van der Waals surface area contributed by atoms with Crippen LogP contribution in [0.5, 0.6) is 0 Å². The Hall–Kier alpha value is -0.830. The summed E-state index contributed by atoms with van der Waals surface area (Å²) in [6, 6.07) is 1.11. The van der Waals surface area contributed by atoms with Crippen molar-refractivity contribution in [2.75, 3.05) is 0 Å². The number of hydrogen-bond donors (Lipinski definition) is 1. The molecule has 1 heterocycles. The minimum atomic E-state index is 0.415. The molecule has 0 aliphatic heterocycles. The van der Waals surface area contributed by atoms with Crippen molar-refractivity contribution in [3.63, 3.8) is 0 Å². The zero-order valence-electron chi connectivity index (χ0n) is 13.9. The van der Waals surface area contributed by atoms with Crippen LogP contribution in [0.25, 0.3) is 0 Å². The Morgan fingerprint density at radius 2 is 1.85 bits per heavy atom. The van der Waals surface area contributed by atoms with Crippen molar-refractivity contribution in [1.29, 1.82) is 0 Å². The van der Waals surface area contributed by atoms with Crippen LogP contribution in [-0.2, 0) is 6.54 Å². The third-order valence-corrected chi connectivity index (χ3v) is 5.08. The second-order valence-corrected chi connectivity index (χ2v) is 6.41. The molecule has 1 saturated carbocycles. The Bertz CT molecular complexity index is 428. The van der Waals surface area contributed by atoms with Gasteiger partial charge in [-0.2, -0.15) is 5.10 Å². The molecule has 1 aromatic heterocycles. The maximum Gasteiger partial charge on any atom is 0.0644 e. The highest BCUT2D eigenvalue weighted by Gasteiger charge is 2.23. The van der Waals surface area contributed by atoms with Crippen LogP contribution in [0.15, 0.2) is 0 Å². The first-order valence-corrected chi connectivity index (χ1v) is 8.36. The lowest BCUT2D eigenvalue weighted by Gasteiger charge is -2.31. The van der Waals surface area contributed by atoms with Gasteiger partial charge in [0.2, 0.25) is 0 Å². The normalized spacial score (nSPS) is 24.9. The van der Waals surface area contributed by atoms with Gasteiger partial charge in [-0.3, -0.25) is 4.68 Å². The van der Waals surface area contributed by atoms with Gasteiger partial charge in [-0.05, 0) is 59.3 Å². The molecular formula is C17H31N3. The summed E-state index contributed by atoms with van der Waals surface area (Å²) in [4.78, 5) is 0. The summed E-state index contributed by atoms with van der Waals surface area (Å²) in [6.07, 6.45) is 6.82. The number of nitrogens with zero attached hydrogens (tertiary/aromatic N) is 2. The van der Waals surface area contributed by atoms with Crippen molar-refractivity contribution >= 4 is 0 Å². The van der Waals surface area contributed by atoms with Gasteiger partial charge in [0.05, 0.1) is 5.69 Å². The summed E-state index contributed by atoms with van der Waals surface area (Å²) in [5.41, 5.74) is 3.92. The first-order chi connectivity index (χ1) is 9.56. The summed E-state index contributed by atoms with van der Waals surface area (Å²) in [5.74, 6) is 0.967. The van der Waals surface area contributed by atoms with E-state index < -0.39 is 0 Å². The predicted molar refractivity (Wildman–Crippen MR) is 85.0 cm³/mol. The van der Waals surface area contributed by atoms with Crippen LogP contribution in [0.1, 0.15) is 75.9 Å². The van der Waals surface area contributed by atoms with Gasteiger partial charge in [-0.1, -0.05) is 13.3 Å². The summed E-state index contributed by atoms with van der Waals surface area (Å²) in [5, 5.41) is 8.49. The molecule has 0 bridgehead atoms. The van der Waals surface area contributed by atoms with Gasteiger partial charge in [0.25, 0.3) is 0 Å². The largest absolute Gasteiger partial charge is 0.307 e. The number of aromatic nitrogens is 2. The number of nitrogens with one attached hydrogen (secondary N) is 1. The van der Waals surface area contributed by atoms with E-state index in [0.29, 0.717) is 12.1 Å². The van der Waals surface area contributed by atoms with Crippen molar-refractivity contribution < 1.29 is 0 Å². The molecule has 0 spiro atoms. The molecule has 1 N–H and O–H groups in total. The molecule has 1 aliphatic carbocycles. The zero-order valence-corrected chi connectivity index (χ0v) is 13.9. The highest BCUT2D eigenvalue weighted by molar-refractivity contribution is 5.27. The van der Waals surface area contributed by atoms with E-state index in [0.717, 1.165) is 12.5 Å².